The Morgan fingerprint density at radius 2 is 2.05 bits per heavy atom. The van der Waals surface area contributed by atoms with Gasteiger partial charge in [0.05, 0.1) is 5.25 Å². The molecule has 1 aliphatic rings. The largest absolute Gasteiger partial charge is 0.308 e. The Morgan fingerprint density at radius 1 is 1.32 bits per heavy atom. The Kier molecular flexibility index (Phi) is 4.97. The van der Waals surface area contributed by atoms with Crippen molar-refractivity contribution in [1.82, 2.24) is 9.97 Å². The number of nitrogens with zero attached hydrogens (tertiary/aromatic N) is 2. The summed E-state index contributed by atoms with van der Waals surface area (Å²) < 4.78 is 0. The summed E-state index contributed by atoms with van der Waals surface area (Å²) in [4.78, 5) is 9.32. The fourth-order valence-corrected chi connectivity index (χ4v) is 5.07. The number of thioether (sulfide) groups is 2. The van der Waals surface area contributed by atoms with Gasteiger partial charge in [-0.1, -0.05) is 20.8 Å². The topological polar surface area (TPSA) is 63.8 Å². The molecular weight excluding hydrogens is 276 g/mol. The van der Waals surface area contributed by atoms with E-state index in [2.05, 4.69) is 31.2 Å². The molecular formula is C13H22N4S2. The highest BCUT2D eigenvalue weighted by Gasteiger charge is 2.29. The zero-order valence-electron chi connectivity index (χ0n) is 11.9. The number of rotatable bonds is 3. The van der Waals surface area contributed by atoms with Gasteiger partial charge in [0.15, 0.2) is 0 Å². The number of nitrogens with one attached hydrogen (secondary N) is 1. The van der Waals surface area contributed by atoms with Crippen LogP contribution < -0.4 is 11.3 Å². The van der Waals surface area contributed by atoms with Gasteiger partial charge in [0.1, 0.15) is 11.6 Å². The number of hydrazine groups is 1. The van der Waals surface area contributed by atoms with Crippen molar-refractivity contribution in [3.05, 3.63) is 17.1 Å². The highest BCUT2D eigenvalue weighted by molar-refractivity contribution is 8.07. The van der Waals surface area contributed by atoms with Gasteiger partial charge >= 0.3 is 0 Å². The van der Waals surface area contributed by atoms with E-state index in [9.17, 15) is 0 Å². The smallest absolute Gasteiger partial charge is 0.147 e. The van der Waals surface area contributed by atoms with E-state index in [0.717, 1.165) is 35.1 Å². The van der Waals surface area contributed by atoms with Crippen LogP contribution >= 0.6 is 23.5 Å². The minimum Gasteiger partial charge on any atom is -0.308 e. The molecule has 1 saturated heterocycles. The van der Waals surface area contributed by atoms with E-state index in [0.29, 0.717) is 15.7 Å². The number of nitrogen functional groups attached to an aromatic ring is 1. The van der Waals surface area contributed by atoms with Crippen LogP contribution in [0.3, 0.4) is 0 Å². The molecule has 0 aromatic carbocycles. The monoisotopic (exact) mass is 298 g/mol. The van der Waals surface area contributed by atoms with Gasteiger partial charge in [0.2, 0.25) is 0 Å². The molecule has 1 aliphatic heterocycles. The van der Waals surface area contributed by atoms with E-state index in [1.165, 1.54) is 0 Å². The first-order valence-electron chi connectivity index (χ1n) is 6.67. The van der Waals surface area contributed by atoms with Crippen LogP contribution in [-0.4, -0.2) is 26.2 Å². The zero-order valence-corrected chi connectivity index (χ0v) is 13.6. The predicted octanol–water partition coefficient (Wildman–Crippen LogP) is 2.93. The Morgan fingerprint density at radius 3 is 2.63 bits per heavy atom. The van der Waals surface area contributed by atoms with Gasteiger partial charge in [-0.05, 0) is 13.3 Å². The number of nitrogens with two attached hydrogens (primary N) is 1. The number of hydrogen-bond acceptors (Lipinski definition) is 6. The Labute approximate surface area is 123 Å². The van der Waals surface area contributed by atoms with E-state index in [-0.39, 0.29) is 0 Å². The quantitative estimate of drug-likeness (QED) is 0.661. The molecule has 3 N–H and O–H groups in total. The number of hydrogen-bond donors (Lipinski definition) is 2. The van der Waals surface area contributed by atoms with Gasteiger partial charge in [-0.15, -0.1) is 11.8 Å². The standard InChI is InChI=1S/C13H22N4S2/c1-5-10-7(2)15-13(16-12(10)17-14)11-6-18-8(3)9(4)19-11/h8-9,11H,5-6,14H2,1-4H3,(H,15,16,17). The van der Waals surface area contributed by atoms with E-state index < -0.39 is 0 Å². The summed E-state index contributed by atoms with van der Waals surface area (Å²) in [6.45, 7) is 8.71. The summed E-state index contributed by atoms with van der Waals surface area (Å²) in [5, 5.41) is 1.70. The van der Waals surface area contributed by atoms with Gasteiger partial charge < -0.3 is 5.43 Å². The third-order valence-corrected chi connectivity index (χ3v) is 6.95. The lowest BCUT2D eigenvalue weighted by Gasteiger charge is -2.30. The van der Waals surface area contributed by atoms with Crippen molar-refractivity contribution < 1.29 is 0 Å². The fraction of sp³-hybridized carbons (Fsp3) is 0.692. The van der Waals surface area contributed by atoms with Crippen molar-refractivity contribution in [3.8, 4) is 0 Å². The highest BCUT2D eigenvalue weighted by atomic mass is 32.2. The third-order valence-electron chi connectivity index (χ3n) is 3.56. The molecule has 3 atom stereocenters. The van der Waals surface area contributed by atoms with Crippen molar-refractivity contribution in [3.63, 3.8) is 0 Å². The Bertz CT molecular complexity index is 453. The molecule has 2 heterocycles. The summed E-state index contributed by atoms with van der Waals surface area (Å²) in [7, 11) is 0. The van der Waals surface area contributed by atoms with E-state index in [1.807, 2.05) is 30.4 Å². The highest BCUT2D eigenvalue weighted by Crippen LogP contribution is 2.43. The van der Waals surface area contributed by atoms with Gasteiger partial charge in [0, 0.05) is 27.5 Å². The van der Waals surface area contributed by atoms with E-state index >= 15 is 0 Å². The van der Waals surface area contributed by atoms with Crippen molar-refractivity contribution in [2.45, 2.75) is 49.9 Å². The maximum atomic E-state index is 5.59. The van der Waals surface area contributed by atoms with Crippen molar-refractivity contribution in [2.24, 2.45) is 5.84 Å². The molecule has 0 aliphatic carbocycles. The lowest BCUT2D eigenvalue weighted by molar-refractivity contribution is 0.841. The number of anilines is 1. The molecule has 1 aromatic heterocycles. The summed E-state index contributed by atoms with van der Waals surface area (Å²) in [5.74, 6) is 8.36. The van der Waals surface area contributed by atoms with Crippen LogP contribution in [0.5, 0.6) is 0 Å². The first-order valence-corrected chi connectivity index (χ1v) is 8.67. The van der Waals surface area contributed by atoms with Crippen LogP contribution in [0.1, 0.15) is 43.1 Å². The first-order chi connectivity index (χ1) is 9.06. The van der Waals surface area contributed by atoms with Gasteiger partial charge in [-0.2, -0.15) is 11.8 Å². The normalized spacial score (nSPS) is 27.3. The maximum Gasteiger partial charge on any atom is 0.147 e. The molecule has 1 aromatic rings. The van der Waals surface area contributed by atoms with E-state index in [4.69, 9.17) is 10.8 Å². The SMILES string of the molecule is CCc1c(C)nc(C2CSC(C)C(C)S2)nc1NN. The molecule has 0 amide bonds. The van der Waals surface area contributed by atoms with Gasteiger partial charge in [0.25, 0.3) is 0 Å². The van der Waals surface area contributed by atoms with Crippen LogP contribution in [0.25, 0.3) is 0 Å². The Balaban J connectivity index is 2.28. The number of aromatic nitrogens is 2. The molecule has 106 valence electrons. The van der Waals surface area contributed by atoms with Gasteiger partial charge in [-0.3, -0.25) is 0 Å². The average molecular weight is 298 g/mol. The fourth-order valence-electron chi connectivity index (χ4n) is 2.22. The second-order valence-electron chi connectivity index (χ2n) is 4.86. The van der Waals surface area contributed by atoms with Crippen molar-refractivity contribution >= 4 is 29.3 Å². The van der Waals surface area contributed by atoms with Gasteiger partial charge in [-0.25, -0.2) is 15.8 Å². The molecule has 0 spiro atoms. The average Bonchev–Trinajstić information content (AvgIpc) is 2.40. The maximum absolute atomic E-state index is 5.59. The minimum absolute atomic E-state index is 0.368. The lowest BCUT2D eigenvalue weighted by atomic mass is 10.1. The van der Waals surface area contributed by atoms with Crippen LogP contribution in [-0.2, 0) is 6.42 Å². The molecule has 3 unspecified atom stereocenters. The van der Waals surface area contributed by atoms with Crippen LogP contribution in [0.4, 0.5) is 5.82 Å². The van der Waals surface area contributed by atoms with Crippen molar-refractivity contribution in [1.29, 1.82) is 0 Å². The van der Waals surface area contributed by atoms with E-state index in [1.54, 1.807) is 0 Å². The van der Waals surface area contributed by atoms with Crippen molar-refractivity contribution in [2.75, 3.05) is 11.2 Å². The predicted molar refractivity (Wildman–Crippen MR) is 85.7 cm³/mol. The van der Waals surface area contributed by atoms with Crippen LogP contribution in [0.2, 0.25) is 0 Å². The summed E-state index contributed by atoms with van der Waals surface area (Å²) in [6.07, 6.45) is 0.894. The zero-order chi connectivity index (χ0) is 14.0. The molecule has 4 nitrogen and oxygen atoms in total. The lowest BCUT2D eigenvalue weighted by Crippen LogP contribution is -2.24. The molecule has 6 heteroatoms. The van der Waals surface area contributed by atoms with Crippen LogP contribution in [0.15, 0.2) is 0 Å². The molecule has 0 saturated carbocycles. The second kappa shape index (κ2) is 6.33. The second-order valence-corrected chi connectivity index (χ2v) is 7.86. The third kappa shape index (κ3) is 3.17. The number of aryl methyl sites for hydroxylation is 1. The summed E-state index contributed by atoms with van der Waals surface area (Å²) >= 11 is 3.98. The molecule has 0 radical (unpaired) electrons. The molecule has 1 fully saturated rings. The van der Waals surface area contributed by atoms with Crippen LogP contribution in [0, 0.1) is 6.92 Å². The minimum atomic E-state index is 0.368. The molecule has 2 rings (SSSR count). The summed E-state index contributed by atoms with van der Waals surface area (Å²) in [6, 6.07) is 0. The molecule has 0 bridgehead atoms. The summed E-state index contributed by atoms with van der Waals surface area (Å²) in [5.41, 5.74) is 4.87. The Hall–Kier alpha value is -0.460. The molecule has 19 heavy (non-hydrogen) atoms. The first kappa shape index (κ1) is 14.9.